The fourth-order valence-corrected chi connectivity index (χ4v) is 2.40. The topological polar surface area (TPSA) is 83.0 Å². The van der Waals surface area contributed by atoms with Gasteiger partial charge in [-0.1, -0.05) is 41.6 Å². The van der Waals surface area contributed by atoms with Gasteiger partial charge in [-0.05, 0) is 18.2 Å². The molecule has 0 saturated carbocycles. The van der Waals surface area contributed by atoms with Crippen LogP contribution in [0.15, 0.2) is 54.6 Å². The van der Waals surface area contributed by atoms with Crippen molar-refractivity contribution >= 4 is 5.97 Å². The maximum Gasteiger partial charge on any atom is 0.337 e. The molecule has 0 aliphatic rings. The van der Waals surface area contributed by atoms with Gasteiger partial charge in [-0.3, -0.25) is 0 Å². The molecule has 0 aliphatic heterocycles. The Balaban J connectivity index is 2.15. The molecule has 2 aromatic carbocycles. The molecule has 3 aromatic rings. The minimum absolute atomic E-state index is 0.279. The van der Waals surface area contributed by atoms with Gasteiger partial charge in [0.1, 0.15) is 5.69 Å². The van der Waals surface area contributed by atoms with Crippen molar-refractivity contribution < 1.29 is 9.53 Å². The normalized spacial score (nSPS) is 10.5. The van der Waals surface area contributed by atoms with Gasteiger partial charge >= 0.3 is 5.97 Å². The number of esters is 1. The lowest BCUT2D eigenvalue weighted by Gasteiger charge is -2.09. The van der Waals surface area contributed by atoms with E-state index in [-0.39, 0.29) is 6.54 Å². The lowest BCUT2D eigenvalue weighted by Crippen LogP contribution is -2.05. The van der Waals surface area contributed by atoms with E-state index in [1.165, 1.54) is 7.11 Å². The standard InChI is InChI=1S/C17H16N4O2/c1-23-17(22)13-8-5-9-14(10-13)21-16(15(11-18)19-20-21)12-6-3-2-4-7-12/h2-10H,11,18H2,1H3. The second-order valence-electron chi connectivity index (χ2n) is 4.91. The molecule has 0 fully saturated rings. The zero-order valence-corrected chi connectivity index (χ0v) is 12.6. The molecule has 0 saturated heterocycles. The third kappa shape index (κ3) is 2.84. The zero-order valence-electron chi connectivity index (χ0n) is 12.6. The zero-order chi connectivity index (χ0) is 16.2. The van der Waals surface area contributed by atoms with Gasteiger partial charge in [0.05, 0.1) is 24.1 Å². The van der Waals surface area contributed by atoms with Crippen LogP contribution in [0.5, 0.6) is 0 Å². The molecule has 0 atom stereocenters. The Morgan fingerprint density at radius 1 is 1.17 bits per heavy atom. The highest BCUT2D eigenvalue weighted by Crippen LogP contribution is 2.25. The fourth-order valence-electron chi connectivity index (χ4n) is 2.40. The minimum atomic E-state index is -0.396. The van der Waals surface area contributed by atoms with Crippen molar-refractivity contribution in [3.05, 3.63) is 65.9 Å². The molecule has 23 heavy (non-hydrogen) atoms. The number of nitrogens with two attached hydrogens (primary N) is 1. The molecule has 1 heterocycles. The molecule has 3 rings (SSSR count). The van der Waals surface area contributed by atoms with Gasteiger partial charge in [0, 0.05) is 12.1 Å². The van der Waals surface area contributed by atoms with Crippen LogP contribution in [0.4, 0.5) is 0 Å². The van der Waals surface area contributed by atoms with Gasteiger partial charge in [-0.25, -0.2) is 9.48 Å². The third-order valence-electron chi connectivity index (χ3n) is 3.49. The average Bonchev–Trinajstić information content (AvgIpc) is 3.06. The molecule has 0 unspecified atom stereocenters. The van der Waals surface area contributed by atoms with Crippen molar-refractivity contribution in [2.45, 2.75) is 6.54 Å². The number of rotatable bonds is 4. The average molecular weight is 308 g/mol. The smallest absolute Gasteiger partial charge is 0.337 e. The summed E-state index contributed by atoms with van der Waals surface area (Å²) in [4.78, 5) is 11.7. The number of benzene rings is 2. The summed E-state index contributed by atoms with van der Waals surface area (Å²) in [6, 6.07) is 16.8. The van der Waals surface area contributed by atoms with Crippen LogP contribution in [0.3, 0.4) is 0 Å². The van der Waals surface area contributed by atoms with Gasteiger partial charge < -0.3 is 10.5 Å². The van der Waals surface area contributed by atoms with Crippen molar-refractivity contribution in [1.82, 2.24) is 15.0 Å². The Bertz CT molecular complexity index is 828. The summed E-state index contributed by atoms with van der Waals surface area (Å²) in [6.45, 7) is 0.279. The summed E-state index contributed by atoms with van der Waals surface area (Å²) in [5.74, 6) is -0.396. The van der Waals surface area contributed by atoms with E-state index in [2.05, 4.69) is 10.3 Å². The molecule has 1 aromatic heterocycles. The van der Waals surface area contributed by atoms with Gasteiger partial charge in [-0.15, -0.1) is 5.10 Å². The van der Waals surface area contributed by atoms with Crippen molar-refractivity contribution in [1.29, 1.82) is 0 Å². The Hall–Kier alpha value is -2.99. The van der Waals surface area contributed by atoms with Crippen LogP contribution in [-0.2, 0) is 11.3 Å². The summed E-state index contributed by atoms with van der Waals surface area (Å²) in [5, 5.41) is 8.35. The maximum absolute atomic E-state index is 11.7. The van der Waals surface area contributed by atoms with Crippen molar-refractivity contribution in [2.24, 2.45) is 5.73 Å². The second-order valence-corrected chi connectivity index (χ2v) is 4.91. The predicted octanol–water partition coefficient (Wildman–Crippen LogP) is 2.18. The first-order chi connectivity index (χ1) is 11.2. The Labute approximate surface area is 133 Å². The van der Waals surface area contributed by atoms with E-state index in [1.807, 2.05) is 36.4 Å². The Kier molecular flexibility index (Phi) is 4.16. The van der Waals surface area contributed by atoms with Crippen LogP contribution in [-0.4, -0.2) is 28.1 Å². The van der Waals surface area contributed by atoms with E-state index in [0.717, 1.165) is 16.9 Å². The van der Waals surface area contributed by atoms with Gasteiger partial charge in [0.2, 0.25) is 0 Å². The summed E-state index contributed by atoms with van der Waals surface area (Å²) < 4.78 is 6.45. The van der Waals surface area contributed by atoms with Gasteiger partial charge in [-0.2, -0.15) is 0 Å². The lowest BCUT2D eigenvalue weighted by atomic mass is 10.1. The highest BCUT2D eigenvalue weighted by atomic mass is 16.5. The van der Waals surface area contributed by atoms with E-state index in [1.54, 1.807) is 22.9 Å². The van der Waals surface area contributed by atoms with Crippen molar-refractivity contribution in [2.75, 3.05) is 7.11 Å². The highest BCUT2D eigenvalue weighted by molar-refractivity contribution is 5.90. The van der Waals surface area contributed by atoms with Crippen LogP contribution >= 0.6 is 0 Å². The highest BCUT2D eigenvalue weighted by Gasteiger charge is 2.16. The van der Waals surface area contributed by atoms with E-state index >= 15 is 0 Å². The Morgan fingerprint density at radius 3 is 2.65 bits per heavy atom. The van der Waals surface area contributed by atoms with Crippen molar-refractivity contribution in [3.8, 4) is 16.9 Å². The number of nitrogens with zero attached hydrogens (tertiary/aromatic N) is 3. The van der Waals surface area contributed by atoms with Gasteiger partial charge in [0.25, 0.3) is 0 Å². The molecule has 0 amide bonds. The number of hydrogen-bond donors (Lipinski definition) is 1. The Morgan fingerprint density at radius 2 is 1.96 bits per heavy atom. The van der Waals surface area contributed by atoms with Crippen LogP contribution in [0.1, 0.15) is 16.1 Å². The molecule has 6 nitrogen and oxygen atoms in total. The van der Waals surface area contributed by atoms with E-state index in [9.17, 15) is 4.79 Å². The molecule has 6 heteroatoms. The second kappa shape index (κ2) is 6.41. The van der Waals surface area contributed by atoms with Crippen LogP contribution in [0, 0.1) is 0 Å². The number of methoxy groups -OCH3 is 1. The summed E-state index contributed by atoms with van der Waals surface area (Å²) >= 11 is 0. The molecule has 0 radical (unpaired) electrons. The van der Waals surface area contributed by atoms with E-state index < -0.39 is 5.97 Å². The molecular formula is C17H16N4O2. The number of hydrogen-bond acceptors (Lipinski definition) is 5. The summed E-state index contributed by atoms with van der Waals surface area (Å²) in [7, 11) is 1.35. The SMILES string of the molecule is COC(=O)c1cccc(-n2nnc(CN)c2-c2ccccc2)c1. The third-order valence-corrected chi connectivity index (χ3v) is 3.49. The monoisotopic (exact) mass is 308 g/mol. The van der Waals surface area contributed by atoms with Gasteiger partial charge in [0.15, 0.2) is 0 Å². The molecular weight excluding hydrogens is 292 g/mol. The molecule has 116 valence electrons. The lowest BCUT2D eigenvalue weighted by molar-refractivity contribution is 0.0600. The van der Waals surface area contributed by atoms with Crippen LogP contribution < -0.4 is 5.73 Å². The van der Waals surface area contributed by atoms with E-state index in [4.69, 9.17) is 10.5 Å². The summed E-state index contributed by atoms with van der Waals surface area (Å²) in [6.07, 6.45) is 0. The predicted molar refractivity (Wildman–Crippen MR) is 86.0 cm³/mol. The first-order valence-electron chi connectivity index (χ1n) is 7.13. The molecule has 0 aliphatic carbocycles. The quantitative estimate of drug-likeness (QED) is 0.747. The van der Waals surface area contributed by atoms with Crippen molar-refractivity contribution in [3.63, 3.8) is 0 Å². The largest absolute Gasteiger partial charge is 0.465 e. The molecule has 0 bridgehead atoms. The minimum Gasteiger partial charge on any atom is -0.465 e. The van der Waals surface area contributed by atoms with E-state index in [0.29, 0.717) is 11.3 Å². The summed E-state index contributed by atoms with van der Waals surface area (Å²) in [5.41, 5.74) is 9.43. The number of ether oxygens (including phenoxy) is 1. The van der Waals surface area contributed by atoms with Crippen LogP contribution in [0.2, 0.25) is 0 Å². The first kappa shape index (κ1) is 14.9. The number of carbonyl (C=O) groups is 1. The molecule has 0 spiro atoms. The molecule has 2 N–H and O–H groups in total. The number of aromatic nitrogens is 3. The first-order valence-corrected chi connectivity index (χ1v) is 7.13. The number of carbonyl (C=O) groups excluding carboxylic acids is 1. The maximum atomic E-state index is 11.7. The van der Waals surface area contributed by atoms with Crippen LogP contribution in [0.25, 0.3) is 16.9 Å². The fraction of sp³-hybridized carbons (Fsp3) is 0.118.